The average Bonchev–Trinajstić information content (AvgIpc) is 2.48. The Labute approximate surface area is 84.8 Å². The number of ether oxygens (including phenoxy) is 2. The summed E-state index contributed by atoms with van der Waals surface area (Å²) in [5.74, 6) is 0. The lowest BCUT2D eigenvalue weighted by Gasteiger charge is -2.43. The Morgan fingerprint density at radius 3 is 2.85 bits per heavy atom. The molecule has 2 fully saturated rings. The number of thiol groups is 1. The van der Waals surface area contributed by atoms with Crippen LogP contribution in [0.15, 0.2) is 0 Å². The van der Waals surface area contributed by atoms with Crippen LogP contribution in [0.25, 0.3) is 0 Å². The predicted molar refractivity (Wildman–Crippen MR) is 54.1 cm³/mol. The van der Waals surface area contributed by atoms with Crippen molar-refractivity contribution in [2.75, 3.05) is 26.4 Å². The van der Waals surface area contributed by atoms with E-state index in [2.05, 4.69) is 31.4 Å². The average molecular weight is 203 g/mol. The molecule has 0 aromatic rings. The molecule has 3 nitrogen and oxygen atoms in total. The van der Waals surface area contributed by atoms with Gasteiger partial charge in [-0.2, -0.15) is 12.6 Å². The summed E-state index contributed by atoms with van der Waals surface area (Å²) < 4.78 is 11.0. The van der Waals surface area contributed by atoms with E-state index in [-0.39, 0.29) is 11.0 Å². The van der Waals surface area contributed by atoms with Gasteiger partial charge in [-0.05, 0) is 13.8 Å². The third-order valence-corrected chi connectivity index (χ3v) is 3.02. The molecule has 0 radical (unpaired) electrons. The van der Waals surface area contributed by atoms with E-state index in [0.717, 1.165) is 26.4 Å². The van der Waals surface area contributed by atoms with Gasteiger partial charge in [0.1, 0.15) is 0 Å². The van der Waals surface area contributed by atoms with Gasteiger partial charge in [-0.15, -0.1) is 0 Å². The van der Waals surface area contributed by atoms with Crippen LogP contribution in [0.1, 0.15) is 13.8 Å². The quantitative estimate of drug-likeness (QED) is 0.636. The fourth-order valence-electron chi connectivity index (χ4n) is 2.12. The Morgan fingerprint density at radius 1 is 1.38 bits per heavy atom. The normalized spacial score (nSPS) is 36.2. The smallest absolute Gasteiger partial charge is 0.0986 e. The van der Waals surface area contributed by atoms with E-state index in [1.165, 1.54) is 0 Å². The Balaban J connectivity index is 2.10. The first-order valence-electron chi connectivity index (χ1n) is 4.77. The molecular weight excluding hydrogens is 186 g/mol. The second-order valence-electron chi connectivity index (χ2n) is 4.20. The van der Waals surface area contributed by atoms with E-state index >= 15 is 0 Å². The number of nitrogens with zero attached hydrogens (tertiary/aromatic N) is 1. The molecule has 2 aliphatic rings. The van der Waals surface area contributed by atoms with Crippen molar-refractivity contribution in [1.29, 1.82) is 0 Å². The van der Waals surface area contributed by atoms with Crippen molar-refractivity contribution in [3.63, 3.8) is 0 Å². The summed E-state index contributed by atoms with van der Waals surface area (Å²) in [4.78, 5) is 2.30. The Morgan fingerprint density at radius 2 is 2.15 bits per heavy atom. The van der Waals surface area contributed by atoms with Crippen LogP contribution in [0.5, 0.6) is 0 Å². The van der Waals surface area contributed by atoms with Crippen LogP contribution in [-0.2, 0) is 9.47 Å². The third-order valence-electron chi connectivity index (χ3n) is 2.77. The zero-order chi connectivity index (χ0) is 9.47. The van der Waals surface area contributed by atoms with Crippen molar-refractivity contribution in [2.45, 2.75) is 30.9 Å². The second kappa shape index (κ2) is 3.42. The van der Waals surface area contributed by atoms with Crippen LogP contribution in [0, 0.1) is 0 Å². The molecule has 2 aliphatic heterocycles. The highest BCUT2D eigenvalue weighted by atomic mass is 32.1. The van der Waals surface area contributed by atoms with E-state index in [0.29, 0.717) is 6.04 Å². The van der Waals surface area contributed by atoms with Crippen molar-refractivity contribution < 1.29 is 9.47 Å². The molecule has 0 aromatic carbocycles. The van der Waals surface area contributed by atoms with Gasteiger partial charge in [-0.25, -0.2) is 0 Å². The molecule has 2 atom stereocenters. The minimum absolute atomic E-state index is 0.0691. The molecule has 0 aromatic heterocycles. The standard InChI is InChI=1S/C9H17NO2S/c1-9(2,13)10-3-4-12-8-6-11-5-7(8)10/h7-8,13H,3-6H2,1-2H3. The van der Waals surface area contributed by atoms with Gasteiger partial charge in [0.2, 0.25) is 0 Å². The van der Waals surface area contributed by atoms with Crippen molar-refractivity contribution in [3.05, 3.63) is 0 Å². The molecule has 0 saturated carbocycles. The molecule has 4 heteroatoms. The predicted octanol–water partition coefficient (Wildman–Crippen LogP) is 0.752. The fourth-order valence-corrected chi connectivity index (χ4v) is 2.37. The minimum Gasteiger partial charge on any atom is -0.377 e. The number of morpholine rings is 1. The fraction of sp³-hybridized carbons (Fsp3) is 1.00. The number of hydrogen-bond donors (Lipinski definition) is 1. The summed E-state index contributed by atoms with van der Waals surface area (Å²) in [5.41, 5.74) is 0. The summed E-state index contributed by atoms with van der Waals surface area (Å²) in [6, 6.07) is 0.404. The Bertz CT molecular complexity index is 193. The molecule has 76 valence electrons. The maximum atomic E-state index is 5.63. The minimum atomic E-state index is -0.0691. The van der Waals surface area contributed by atoms with Crippen molar-refractivity contribution in [1.82, 2.24) is 4.90 Å². The molecule has 2 saturated heterocycles. The van der Waals surface area contributed by atoms with E-state index in [1.807, 2.05) is 0 Å². The van der Waals surface area contributed by atoms with Gasteiger partial charge in [0.25, 0.3) is 0 Å². The highest BCUT2D eigenvalue weighted by Gasteiger charge is 2.41. The highest BCUT2D eigenvalue weighted by Crippen LogP contribution is 2.29. The summed E-state index contributed by atoms with van der Waals surface area (Å²) in [5, 5.41) is 0. The van der Waals surface area contributed by atoms with Crippen molar-refractivity contribution in [3.8, 4) is 0 Å². The Kier molecular flexibility index (Phi) is 2.57. The van der Waals surface area contributed by atoms with Crippen molar-refractivity contribution in [2.24, 2.45) is 0 Å². The van der Waals surface area contributed by atoms with Crippen LogP contribution in [0.2, 0.25) is 0 Å². The third kappa shape index (κ3) is 1.86. The van der Waals surface area contributed by atoms with Gasteiger partial charge in [0.05, 0.1) is 36.8 Å². The number of fused-ring (bicyclic) bond motifs is 1. The van der Waals surface area contributed by atoms with Gasteiger partial charge >= 0.3 is 0 Å². The maximum absolute atomic E-state index is 5.63. The first-order chi connectivity index (χ1) is 6.09. The summed E-state index contributed by atoms with van der Waals surface area (Å²) in [7, 11) is 0. The Hall–Kier alpha value is 0.230. The van der Waals surface area contributed by atoms with E-state index < -0.39 is 0 Å². The highest BCUT2D eigenvalue weighted by molar-refractivity contribution is 7.81. The molecular formula is C9H17NO2S. The summed E-state index contributed by atoms with van der Waals surface area (Å²) in [6.45, 7) is 7.53. The molecule has 2 heterocycles. The van der Waals surface area contributed by atoms with Gasteiger partial charge in [-0.1, -0.05) is 0 Å². The molecule has 0 bridgehead atoms. The first kappa shape index (κ1) is 9.77. The lowest BCUT2D eigenvalue weighted by Crippen LogP contribution is -2.57. The second-order valence-corrected chi connectivity index (χ2v) is 5.30. The number of hydrogen-bond acceptors (Lipinski definition) is 4. The lowest BCUT2D eigenvalue weighted by molar-refractivity contribution is -0.0645. The molecule has 0 aliphatic carbocycles. The van der Waals surface area contributed by atoms with E-state index in [1.54, 1.807) is 0 Å². The van der Waals surface area contributed by atoms with E-state index in [4.69, 9.17) is 9.47 Å². The topological polar surface area (TPSA) is 21.7 Å². The molecule has 2 rings (SSSR count). The lowest BCUT2D eigenvalue weighted by atomic mass is 10.1. The maximum Gasteiger partial charge on any atom is 0.0986 e. The molecule has 13 heavy (non-hydrogen) atoms. The van der Waals surface area contributed by atoms with Gasteiger partial charge < -0.3 is 9.47 Å². The van der Waals surface area contributed by atoms with Crippen LogP contribution >= 0.6 is 12.6 Å². The van der Waals surface area contributed by atoms with Gasteiger partial charge in [0.15, 0.2) is 0 Å². The monoisotopic (exact) mass is 203 g/mol. The van der Waals surface area contributed by atoms with E-state index in [9.17, 15) is 0 Å². The summed E-state index contributed by atoms with van der Waals surface area (Å²) >= 11 is 4.59. The van der Waals surface area contributed by atoms with Gasteiger partial charge in [-0.3, -0.25) is 4.90 Å². The van der Waals surface area contributed by atoms with Crippen LogP contribution in [0.3, 0.4) is 0 Å². The molecule has 0 N–H and O–H groups in total. The van der Waals surface area contributed by atoms with Crippen LogP contribution in [0.4, 0.5) is 0 Å². The molecule has 0 amide bonds. The largest absolute Gasteiger partial charge is 0.377 e. The SMILES string of the molecule is CC(C)(S)N1CCOC2COCC21. The first-order valence-corrected chi connectivity index (χ1v) is 5.22. The molecule has 2 unspecified atom stereocenters. The zero-order valence-electron chi connectivity index (χ0n) is 8.19. The zero-order valence-corrected chi connectivity index (χ0v) is 9.09. The number of rotatable bonds is 1. The summed E-state index contributed by atoms with van der Waals surface area (Å²) in [6.07, 6.45) is 0.264. The van der Waals surface area contributed by atoms with Crippen molar-refractivity contribution >= 4 is 12.6 Å². The van der Waals surface area contributed by atoms with Crippen LogP contribution < -0.4 is 0 Å². The van der Waals surface area contributed by atoms with Gasteiger partial charge in [0, 0.05) is 6.54 Å². The molecule has 0 spiro atoms. The van der Waals surface area contributed by atoms with Crippen LogP contribution in [-0.4, -0.2) is 48.3 Å².